The van der Waals surface area contributed by atoms with E-state index in [2.05, 4.69) is 36.3 Å². The summed E-state index contributed by atoms with van der Waals surface area (Å²) in [6.45, 7) is 6.43. The number of thiophene rings is 1. The predicted octanol–water partition coefficient (Wildman–Crippen LogP) is 2.84. The van der Waals surface area contributed by atoms with Gasteiger partial charge in [0, 0.05) is 29.5 Å². The third-order valence-electron chi connectivity index (χ3n) is 3.80. The van der Waals surface area contributed by atoms with Gasteiger partial charge in [0.1, 0.15) is 0 Å². The topological polar surface area (TPSA) is 29.3 Å². The highest BCUT2D eigenvalue weighted by molar-refractivity contribution is 7.09. The largest absolute Gasteiger partial charge is 0.329 e. The van der Waals surface area contributed by atoms with E-state index in [0.717, 1.165) is 13.1 Å². The van der Waals surface area contributed by atoms with Crippen molar-refractivity contribution in [1.82, 2.24) is 4.90 Å². The SMILES string of the molecule is CC(C)N(Cc1cccs1)C1(CN)CCC1. The Labute approximate surface area is 102 Å². The van der Waals surface area contributed by atoms with Gasteiger partial charge in [0.25, 0.3) is 0 Å². The maximum absolute atomic E-state index is 6.00. The lowest BCUT2D eigenvalue weighted by Gasteiger charge is -2.51. The highest BCUT2D eigenvalue weighted by atomic mass is 32.1. The van der Waals surface area contributed by atoms with Crippen molar-refractivity contribution < 1.29 is 0 Å². The Bertz CT molecular complexity index is 309. The van der Waals surface area contributed by atoms with Gasteiger partial charge in [-0.2, -0.15) is 0 Å². The molecule has 3 heteroatoms. The molecule has 0 amide bonds. The molecule has 0 bridgehead atoms. The van der Waals surface area contributed by atoms with Crippen molar-refractivity contribution in [1.29, 1.82) is 0 Å². The first-order valence-electron chi connectivity index (χ1n) is 6.17. The van der Waals surface area contributed by atoms with Gasteiger partial charge in [-0.05, 0) is 44.6 Å². The molecule has 1 aliphatic rings. The Morgan fingerprint density at radius 1 is 1.50 bits per heavy atom. The van der Waals surface area contributed by atoms with Gasteiger partial charge in [-0.3, -0.25) is 4.90 Å². The Morgan fingerprint density at radius 2 is 2.25 bits per heavy atom. The van der Waals surface area contributed by atoms with Crippen LogP contribution in [0.15, 0.2) is 17.5 Å². The van der Waals surface area contributed by atoms with E-state index in [1.807, 2.05) is 11.3 Å². The van der Waals surface area contributed by atoms with Crippen LogP contribution in [0.5, 0.6) is 0 Å². The molecule has 1 heterocycles. The molecule has 0 saturated heterocycles. The van der Waals surface area contributed by atoms with Crippen LogP contribution in [0.1, 0.15) is 38.0 Å². The van der Waals surface area contributed by atoms with Crippen LogP contribution >= 0.6 is 11.3 Å². The molecule has 1 fully saturated rings. The number of hydrogen-bond donors (Lipinski definition) is 1. The Morgan fingerprint density at radius 3 is 2.62 bits per heavy atom. The summed E-state index contributed by atoms with van der Waals surface area (Å²) in [6, 6.07) is 4.93. The van der Waals surface area contributed by atoms with Crippen molar-refractivity contribution in [2.45, 2.75) is 51.2 Å². The fourth-order valence-electron chi connectivity index (χ4n) is 2.66. The smallest absolute Gasteiger partial charge is 0.0338 e. The van der Waals surface area contributed by atoms with Crippen molar-refractivity contribution in [3.8, 4) is 0 Å². The summed E-state index contributed by atoms with van der Waals surface area (Å²) in [5, 5.41) is 2.16. The molecule has 2 rings (SSSR count). The first-order valence-corrected chi connectivity index (χ1v) is 7.05. The van der Waals surface area contributed by atoms with Crippen LogP contribution in [0.3, 0.4) is 0 Å². The fourth-order valence-corrected chi connectivity index (χ4v) is 3.36. The lowest BCUT2D eigenvalue weighted by atomic mass is 9.74. The standard InChI is InChI=1S/C13H22N2S/c1-11(2)15(9-12-5-3-8-16-12)13(10-14)6-4-7-13/h3,5,8,11H,4,6-7,9-10,14H2,1-2H3. The Kier molecular flexibility index (Phi) is 3.67. The first kappa shape index (κ1) is 12.1. The van der Waals surface area contributed by atoms with Crippen molar-refractivity contribution in [2.75, 3.05) is 6.54 Å². The van der Waals surface area contributed by atoms with Crippen LogP contribution in [0, 0.1) is 0 Å². The van der Waals surface area contributed by atoms with Crippen LogP contribution in [0.25, 0.3) is 0 Å². The molecule has 2 nitrogen and oxygen atoms in total. The number of nitrogens with two attached hydrogens (primary N) is 1. The third kappa shape index (κ3) is 2.17. The molecule has 0 unspecified atom stereocenters. The van der Waals surface area contributed by atoms with Gasteiger partial charge >= 0.3 is 0 Å². The van der Waals surface area contributed by atoms with Crippen molar-refractivity contribution >= 4 is 11.3 Å². The Balaban J connectivity index is 2.11. The molecule has 1 aromatic heterocycles. The minimum Gasteiger partial charge on any atom is -0.329 e. The molecular formula is C13H22N2S. The van der Waals surface area contributed by atoms with E-state index < -0.39 is 0 Å². The van der Waals surface area contributed by atoms with Crippen LogP contribution in [0.4, 0.5) is 0 Å². The third-order valence-corrected chi connectivity index (χ3v) is 4.66. The highest BCUT2D eigenvalue weighted by Gasteiger charge is 2.42. The molecular weight excluding hydrogens is 216 g/mol. The van der Waals surface area contributed by atoms with Crippen molar-refractivity contribution in [3.05, 3.63) is 22.4 Å². The van der Waals surface area contributed by atoms with E-state index in [-0.39, 0.29) is 5.54 Å². The fraction of sp³-hybridized carbons (Fsp3) is 0.692. The molecule has 0 aromatic carbocycles. The van der Waals surface area contributed by atoms with E-state index in [1.165, 1.54) is 24.1 Å². The molecule has 1 aromatic rings. The van der Waals surface area contributed by atoms with Crippen LogP contribution < -0.4 is 5.73 Å². The Hall–Kier alpha value is -0.380. The maximum Gasteiger partial charge on any atom is 0.0338 e. The molecule has 1 aliphatic carbocycles. The lowest BCUT2D eigenvalue weighted by Crippen LogP contribution is -2.60. The summed E-state index contributed by atoms with van der Waals surface area (Å²) in [5.41, 5.74) is 6.29. The minimum absolute atomic E-state index is 0.290. The summed E-state index contributed by atoms with van der Waals surface area (Å²) < 4.78 is 0. The first-order chi connectivity index (χ1) is 7.68. The zero-order chi connectivity index (χ0) is 11.6. The molecule has 16 heavy (non-hydrogen) atoms. The summed E-state index contributed by atoms with van der Waals surface area (Å²) in [7, 11) is 0. The van der Waals surface area contributed by atoms with Gasteiger partial charge in [-0.15, -0.1) is 11.3 Å². The molecule has 90 valence electrons. The molecule has 1 saturated carbocycles. The second-order valence-corrected chi connectivity index (χ2v) is 6.12. The van der Waals surface area contributed by atoms with Crippen LogP contribution in [-0.4, -0.2) is 23.0 Å². The van der Waals surface area contributed by atoms with E-state index in [1.54, 1.807) is 0 Å². The number of nitrogens with zero attached hydrogens (tertiary/aromatic N) is 1. The summed E-state index contributed by atoms with van der Waals surface area (Å²) in [6.07, 6.45) is 3.88. The van der Waals surface area contributed by atoms with Gasteiger partial charge < -0.3 is 5.73 Å². The van der Waals surface area contributed by atoms with Gasteiger partial charge in [0.15, 0.2) is 0 Å². The molecule has 0 aliphatic heterocycles. The molecule has 0 radical (unpaired) electrons. The van der Waals surface area contributed by atoms with Gasteiger partial charge in [-0.1, -0.05) is 6.07 Å². The molecule has 2 N–H and O–H groups in total. The van der Waals surface area contributed by atoms with Gasteiger partial charge in [0.05, 0.1) is 0 Å². The second kappa shape index (κ2) is 4.86. The average Bonchev–Trinajstić information content (AvgIpc) is 2.67. The van der Waals surface area contributed by atoms with Gasteiger partial charge in [-0.25, -0.2) is 0 Å². The van der Waals surface area contributed by atoms with E-state index >= 15 is 0 Å². The normalized spacial score (nSPS) is 19.1. The number of rotatable bonds is 5. The van der Waals surface area contributed by atoms with E-state index in [4.69, 9.17) is 5.73 Å². The van der Waals surface area contributed by atoms with Crippen LogP contribution in [-0.2, 0) is 6.54 Å². The van der Waals surface area contributed by atoms with E-state index in [9.17, 15) is 0 Å². The van der Waals surface area contributed by atoms with Crippen molar-refractivity contribution in [2.24, 2.45) is 5.73 Å². The second-order valence-electron chi connectivity index (χ2n) is 5.08. The average molecular weight is 238 g/mol. The minimum atomic E-state index is 0.290. The van der Waals surface area contributed by atoms with Crippen molar-refractivity contribution in [3.63, 3.8) is 0 Å². The summed E-state index contributed by atoms with van der Waals surface area (Å²) in [4.78, 5) is 4.05. The number of hydrogen-bond acceptors (Lipinski definition) is 3. The monoisotopic (exact) mass is 238 g/mol. The quantitative estimate of drug-likeness (QED) is 0.854. The van der Waals surface area contributed by atoms with E-state index in [0.29, 0.717) is 6.04 Å². The summed E-state index contributed by atoms with van der Waals surface area (Å²) in [5.74, 6) is 0. The van der Waals surface area contributed by atoms with Crippen LogP contribution in [0.2, 0.25) is 0 Å². The molecule has 0 spiro atoms. The zero-order valence-electron chi connectivity index (χ0n) is 10.3. The summed E-state index contributed by atoms with van der Waals surface area (Å²) >= 11 is 1.85. The lowest BCUT2D eigenvalue weighted by molar-refractivity contribution is -0.00706. The van der Waals surface area contributed by atoms with Gasteiger partial charge in [0.2, 0.25) is 0 Å². The predicted molar refractivity (Wildman–Crippen MR) is 70.6 cm³/mol. The highest BCUT2D eigenvalue weighted by Crippen LogP contribution is 2.39. The maximum atomic E-state index is 6.00. The molecule has 0 atom stereocenters. The zero-order valence-corrected chi connectivity index (χ0v) is 11.1.